The fourth-order valence-electron chi connectivity index (χ4n) is 1.31. The van der Waals surface area contributed by atoms with Crippen molar-refractivity contribution in [3.63, 3.8) is 0 Å². The Hall–Kier alpha value is -0.840. The molecular weight excluding hydrogens is 233 g/mol. The van der Waals surface area contributed by atoms with Crippen LogP contribution in [0.4, 0.5) is 4.39 Å². The molecule has 16 heavy (non-hydrogen) atoms. The number of hydrogen-bond donors (Lipinski definition) is 2. The first-order valence-corrected chi connectivity index (χ1v) is 4.91. The third-order valence-corrected chi connectivity index (χ3v) is 2.11. The SMILES string of the molecule is CCOc1cc(F)cc(C(N)C(C)O)c1.Cl. The maximum Gasteiger partial charge on any atom is 0.127 e. The topological polar surface area (TPSA) is 55.5 Å². The zero-order chi connectivity index (χ0) is 11.4. The molecule has 2 atom stereocenters. The van der Waals surface area contributed by atoms with Crippen LogP contribution in [0.2, 0.25) is 0 Å². The molecule has 0 fully saturated rings. The molecule has 0 aromatic heterocycles. The molecule has 0 saturated carbocycles. The summed E-state index contributed by atoms with van der Waals surface area (Å²) in [7, 11) is 0. The van der Waals surface area contributed by atoms with Gasteiger partial charge in [0, 0.05) is 6.07 Å². The molecule has 1 aromatic carbocycles. The van der Waals surface area contributed by atoms with Crippen molar-refractivity contribution < 1.29 is 14.2 Å². The monoisotopic (exact) mass is 249 g/mol. The van der Waals surface area contributed by atoms with E-state index in [0.29, 0.717) is 17.9 Å². The van der Waals surface area contributed by atoms with E-state index >= 15 is 0 Å². The van der Waals surface area contributed by atoms with Gasteiger partial charge in [-0.3, -0.25) is 0 Å². The highest BCUT2D eigenvalue weighted by Crippen LogP contribution is 2.22. The largest absolute Gasteiger partial charge is 0.494 e. The second-order valence-corrected chi connectivity index (χ2v) is 3.42. The van der Waals surface area contributed by atoms with Gasteiger partial charge in [-0.05, 0) is 31.5 Å². The number of ether oxygens (including phenoxy) is 1. The molecule has 0 heterocycles. The molecule has 1 rings (SSSR count). The average Bonchev–Trinajstić information content (AvgIpc) is 2.16. The van der Waals surface area contributed by atoms with Gasteiger partial charge in [-0.2, -0.15) is 0 Å². The third-order valence-electron chi connectivity index (χ3n) is 2.11. The van der Waals surface area contributed by atoms with Crippen LogP contribution in [0.3, 0.4) is 0 Å². The molecule has 5 heteroatoms. The lowest BCUT2D eigenvalue weighted by molar-refractivity contribution is 0.164. The van der Waals surface area contributed by atoms with Crippen LogP contribution in [-0.2, 0) is 0 Å². The van der Waals surface area contributed by atoms with E-state index in [-0.39, 0.29) is 12.4 Å². The van der Waals surface area contributed by atoms with E-state index in [2.05, 4.69) is 0 Å². The molecule has 0 amide bonds. The molecule has 92 valence electrons. The molecule has 3 nitrogen and oxygen atoms in total. The van der Waals surface area contributed by atoms with Gasteiger partial charge in [0.25, 0.3) is 0 Å². The van der Waals surface area contributed by atoms with Crippen molar-refractivity contribution in [3.05, 3.63) is 29.6 Å². The molecule has 1 aromatic rings. The summed E-state index contributed by atoms with van der Waals surface area (Å²) in [4.78, 5) is 0. The first-order valence-electron chi connectivity index (χ1n) is 4.91. The van der Waals surface area contributed by atoms with Crippen LogP contribution >= 0.6 is 12.4 Å². The van der Waals surface area contributed by atoms with Gasteiger partial charge in [0.15, 0.2) is 0 Å². The van der Waals surface area contributed by atoms with Crippen molar-refractivity contribution in [2.45, 2.75) is 26.0 Å². The minimum absolute atomic E-state index is 0. The van der Waals surface area contributed by atoms with Crippen molar-refractivity contribution in [2.75, 3.05) is 6.61 Å². The Morgan fingerprint density at radius 2 is 2.06 bits per heavy atom. The van der Waals surface area contributed by atoms with Crippen LogP contribution in [0, 0.1) is 5.82 Å². The zero-order valence-corrected chi connectivity index (χ0v) is 10.1. The number of hydrogen-bond acceptors (Lipinski definition) is 3. The Morgan fingerprint density at radius 1 is 1.44 bits per heavy atom. The number of aliphatic hydroxyl groups is 1. The van der Waals surface area contributed by atoms with E-state index in [1.165, 1.54) is 12.1 Å². The average molecular weight is 250 g/mol. The summed E-state index contributed by atoms with van der Waals surface area (Å²) in [6, 6.07) is 3.64. The highest BCUT2D eigenvalue weighted by Gasteiger charge is 2.14. The van der Waals surface area contributed by atoms with Crippen molar-refractivity contribution in [3.8, 4) is 5.75 Å². The van der Waals surface area contributed by atoms with Crippen LogP contribution in [0.1, 0.15) is 25.5 Å². The first-order chi connectivity index (χ1) is 7.04. The van der Waals surface area contributed by atoms with Gasteiger partial charge < -0.3 is 15.6 Å². The lowest BCUT2D eigenvalue weighted by Crippen LogP contribution is -2.23. The summed E-state index contributed by atoms with van der Waals surface area (Å²) in [5.74, 6) is 0.0238. The second kappa shape index (κ2) is 6.68. The molecule has 0 saturated heterocycles. The van der Waals surface area contributed by atoms with Crippen molar-refractivity contribution in [2.24, 2.45) is 5.73 Å². The molecule has 0 aliphatic carbocycles. The van der Waals surface area contributed by atoms with Crippen LogP contribution in [0.25, 0.3) is 0 Å². The summed E-state index contributed by atoms with van der Waals surface area (Å²) >= 11 is 0. The van der Waals surface area contributed by atoms with Crippen molar-refractivity contribution in [1.82, 2.24) is 0 Å². The maximum absolute atomic E-state index is 13.2. The maximum atomic E-state index is 13.2. The van der Waals surface area contributed by atoms with Gasteiger partial charge in [0.1, 0.15) is 11.6 Å². The van der Waals surface area contributed by atoms with Gasteiger partial charge in [-0.25, -0.2) is 4.39 Å². The number of aliphatic hydroxyl groups excluding tert-OH is 1. The minimum atomic E-state index is -0.721. The third kappa shape index (κ3) is 3.96. The molecular formula is C11H17ClFNO2. The van der Waals surface area contributed by atoms with Crippen molar-refractivity contribution in [1.29, 1.82) is 0 Å². The summed E-state index contributed by atoms with van der Waals surface area (Å²) in [6.07, 6.45) is -0.721. The van der Waals surface area contributed by atoms with E-state index < -0.39 is 18.0 Å². The Kier molecular flexibility index (Phi) is 6.33. The molecule has 0 radical (unpaired) electrons. The van der Waals surface area contributed by atoms with Gasteiger partial charge >= 0.3 is 0 Å². The summed E-state index contributed by atoms with van der Waals surface area (Å²) < 4.78 is 18.3. The quantitative estimate of drug-likeness (QED) is 0.859. The fraction of sp³-hybridized carbons (Fsp3) is 0.455. The lowest BCUT2D eigenvalue weighted by atomic mass is 10.0. The Balaban J connectivity index is 0.00000225. The van der Waals surface area contributed by atoms with E-state index in [1.54, 1.807) is 13.0 Å². The molecule has 2 unspecified atom stereocenters. The minimum Gasteiger partial charge on any atom is -0.494 e. The highest BCUT2D eigenvalue weighted by atomic mass is 35.5. The zero-order valence-electron chi connectivity index (χ0n) is 9.31. The van der Waals surface area contributed by atoms with Crippen LogP contribution in [-0.4, -0.2) is 17.8 Å². The Morgan fingerprint density at radius 3 is 2.56 bits per heavy atom. The van der Waals surface area contributed by atoms with Gasteiger partial charge in [-0.15, -0.1) is 12.4 Å². The highest BCUT2D eigenvalue weighted by molar-refractivity contribution is 5.85. The number of nitrogens with two attached hydrogens (primary N) is 1. The number of benzene rings is 1. The number of halogens is 2. The van der Waals surface area contributed by atoms with E-state index in [0.717, 1.165) is 0 Å². The Bertz CT molecular complexity index is 334. The van der Waals surface area contributed by atoms with Crippen LogP contribution in [0.5, 0.6) is 5.75 Å². The summed E-state index contributed by atoms with van der Waals surface area (Å²) in [5.41, 5.74) is 6.24. The van der Waals surface area contributed by atoms with Gasteiger partial charge in [0.2, 0.25) is 0 Å². The Labute approximate surface area is 101 Å². The van der Waals surface area contributed by atoms with E-state index in [9.17, 15) is 9.50 Å². The standard InChI is InChI=1S/C11H16FNO2.ClH/c1-3-15-10-5-8(4-9(12)6-10)11(13)7(2)14;/h4-7,11,14H,3,13H2,1-2H3;1H. The lowest BCUT2D eigenvalue weighted by Gasteiger charge is -2.16. The van der Waals surface area contributed by atoms with Crippen LogP contribution in [0.15, 0.2) is 18.2 Å². The summed E-state index contributed by atoms with van der Waals surface area (Å²) in [5, 5.41) is 9.30. The normalized spacial score (nSPS) is 13.8. The predicted octanol–water partition coefficient (Wildman–Crippen LogP) is 2.03. The molecule has 0 aliphatic rings. The predicted molar refractivity (Wildman–Crippen MR) is 63.4 cm³/mol. The second-order valence-electron chi connectivity index (χ2n) is 3.42. The van der Waals surface area contributed by atoms with Crippen molar-refractivity contribution >= 4 is 12.4 Å². The van der Waals surface area contributed by atoms with E-state index in [1.807, 2.05) is 6.92 Å². The summed E-state index contributed by atoms with van der Waals surface area (Å²) in [6.45, 7) is 3.85. The smallest absolute Gasteiger partial charge is 0.127 e. The van der Waals surface area contributed by atoms with Gasteiger partial charge in [-0.1, -0.05) is 0 Å². The fourth-order valence-corrected chi connectivity index (χ4v) is 1.31. The number of rotatable bonds is 4. The van der Waals surface area contributed by atoms with Crippen LogP contribution < -0.4 is 10.5 Å². The molecule has 0 spiro atoms. The van der Waals surface area contributed by atoms with Gasteiger partial charge in [0.05, 0.1) is 18.8 Å². The van der Waals surface area contributed by atoms with E-state index in [4.69, 9.17) is 10.5 Å². The first kappa shape index (κ1) is 15.2. The molecule has 3 N–H and O–H groups in total. The molecule has 0 aliphatic heterocycles. The molecule has 0 bridgehead atoms.